The Morgan fingerprint density at radius 3 is 1.74 bits per heavy atom. The Morgan fingerprint density at radius 2 is 1.22 bits per heavy atom. The fraction of sp³-hybridized carbons (Fsp3) is 0.895. The first-order valence-corrected chi connectivity index (χ1v) is 8.72. The van der Waals surface area contributed by atoms with Gasteiger partial charge >= 0.3 is 116 Å². The van der Waals surface area contributed by atoms with E-state index >= 15 is 0 Å². The van der Waals surface area contributed by atoms with Gasteiger partial charge in [-0.3, -0.25) is 9.59 Å². The third-order valence-electron chi connectivity index (χ3n) is 6.04. The van der Waals surface area contributed by atoms with Gasteiger partial charge in [-0.25, -0.2) is 0 Å². The van der Waals surface area contributed by atoms with E-state index in [2.05, 4.69) is 34.5 Å². The van der Waals surface area contributed by atoms with Crippen LogP contribution in [-0.2, 0) is 9.59 Å². The molecule has 4 aliphatic rings. The molecular formula is C19H36N4O2Rb2. The maximum atomic E-state index is 11.5. The Kier molecular flexibility index (Phi) is 17.5. The number of rotatable bonds is 0. The Bertz CT molecular complexity index is 465. The summed E-state index contributed by atoms with van der Waals surface area (Å²) in [6.07, 6.45) is 2.14. The zero-order chi connectivity index (χ0) is 16.6. The smallest absolute Gasteiger partial charge is 0.660 e. The minimum atomic E-state index is 0. The van der Waals surface area contributed by atoms with E-state index < -0.39 is 0 Å². The molecule has 27 heavy (non-hydrogen) atoms. The van der Waals surface area contributed by atoms with Crippen LogP contribution in [0.1, 0.15) is 41.0 Å². The number of fused-ring (bicyclic) bond motifs is 4. The second kappa shape index (κ2) is 14.8. The zero-order valence-electron chi connectivity index (χ0n) is 16.4. The number of carbonyl (C=O) groups is 2. The van der Waals surface area contributed by atoms with Gasteiger partial charge in [-0.2, -0.15) is 0 Å². The maximum absolute atomic E-state index is 11.5. The third-order valence-corrected chi connectivity index (χ3v) is 6.04. The van der Waals surface area contributed by atoms with Crippen LogP contribution in [0.3, 0.4) is 0 Å². The first-order chi connectivity index (χ1) is 11.0. The largest absolute Gasteiger partial charge is 1.00 e. The van der Waals surface area contributed by atoms with Crippen LogP contribution in [0.15, 0.2) is 0 Å². The SMILES string of the molecule is C.C.CC1C(=O)CC2C[N-]CC1N2C.CN1C2C[N-]CC1CC(=O)C2.[Rb+].[Rb+]. The van der Waals surface area contributed by atoms with Gasteiger partial charge < -0.3 is 20.4 Å². The van der Waals surface area contributed by atoms with Crippen molar-refractivity contribution < 1.29 is 126 Å². The molecule has 4 bridgehead atoms. The summed E-state index contributed by atoms with van der Waals surface area (Å²) in [5.41, 5.74) is 0. The van der Waals surface area contributed by atoms with E-state index in [1.54, 1.807) is 0 Å². The molecule has 5 unspecified atom stereocenters. The van der Waals surface area contributed by atoms with Gasteiger partial charge in [0, 0.05) is 31.2 Å². The number of hydrogen-bond donors (Lipinski definition) is 0. The summed E-state index contributed by atoms with van der Waals surface area (Å²) in [5, 5.41) is 8.76. The number of piperidine rings is 2. The van der Waals surface area contributed by atoms with Gasteiger partial charge in [-0.05, 0) is 32.2 Å². The number of hydrogen-bond acceptors (Lipinski definition) is 4. The number of piperazine rings is 2. The van der Waals surface area contributed by atoms with Gasteiger partial charge in [0.15, 0.2) is 0 Å². The topological polar surface area (TPSA) is 68.8 Å². The van der Waals surface area contributed by atoms with Crippen LogP contribution in [0.4, 0.5) is 0 Å². The molecule has 4 rings (SSSR count). The van der Waals surface area contributed by atoms with Gasteiger partial charge in [-0.15, -0.1) is 26.2 Å². The van der Waals surface area contributed by atoms with E-state index in [4.69, 9.17) is 0 Å². The monoisotopic (exact) mass is 522 g/mol. The number of likely N-dealkylation sites (N-methyl/N-ethyl adjacent to an activating group) is 2. The number of Topliss-reactive ketones (excluding diaryl/α,β-unsaturated/α-hetero) is 2. The van der Waals surface area contributed by atoms with Crippen LogP contribution < -0.4 is 116 Å². The van der Waals surface area contributed by atoms with Gasteiger partial charge in [0.2, 0.25) is 0 Å². The molecule has 5 atom stereocenters. The van der Waals surface area contributed by atoms with Crippen LogP contribution in [0.5, 0.6) is 0 Å². The number of nitrogens with zero attached hydrogens (tertiary/aromatic N) is 4. The van der Waals surface area contributed by atoms with Gasteiger partial charge in [-0.1, -0.05) is 21.8 Å². The molecule has 0 aromatic rings. The molecule has 4 heterocycles. The summed E-state index contributed by atoms with van der Waals surface area (Å²) in [6.45, 7) is 5.45. The predicted octanol–water partition coefficient (Wildman–Crippen LogP) is -3.66. The summed E-state index contributed by atoms with van der Waals surface area (Å²) < 4.78 is 0. The molecule has 0 spiro atoms. The minimum Gasteiger partial charge on any atom is -0.660 e. The summed E-state index contributed by atoms with van der Waals surface area (Å²) in [5.74, 6) is 1.04. The average Bonchev–Trinajstić information content (AvgIpc) is 2.49. The van der Waals surface area contributed by atoms with Crippen LogP contribution in [-0.4, -0.2) is 85.8 Å². The predicted molar refractivity (Wildman–Crippen MR) is 103 cm³/mol. The molecule has 0 aromatic carbocycles. The molecular weight excluding hydrogens is 487 g/mol. The summed E-state index contributed by atoms with van der Waals surface area (Å²) >= 11 is 0. The first-order valence-electron chi connectivity index (χ1n) is 8.72. The number of carbonyl (C=O) groups excluding carboxylic acids is 2. The van der Waals surface area contributed by atoms with Gasteiger partial charge in [0.05, 0.1) is 0 Å². The standard InChI is InChI=1S/C9H15N2O.C8H13N2O.2CH4.2Rb/c1-6-8-5-10-4-7(11(8)2)3-9(6)12;1-10-6-2-8(11)3-7(10)5-9-4-6;;;;/h6-8H,3-5H2,1-2H3;6-7H,2-5H2,1H3;2*1H4;;/q2*-1;;;2*+1. The van der Waals surface area contributed by atoms with Crippen molar-refractivity contribution in [1.82, 2.24) is 9.80 Å². The quantitative estimate of drug-likeness (QED) is 0.329. The molecule has 6 nitrogen and oxygen atoms in total. The molecule has 4 aliphatic heterocycles. The van der Waals surface area contributed by atoms with Crippen molar-refractivity contribution in [2.75, 3.05) is 40.3 Å². The number of ketones is 2. The Morgan fingerprint density at radius 1 is 0.778 bits per heavy atom. The second-order valence-electron chi connectivity index (χ2n) is 7.44. The summed E-state index contributed by atoms with van der Waals surface area (Å²) in [4.78, 5) is 27.3. The van der Waals surface area contributed by atoms with Crippen molar-refractivity contribution in [3.63, 3.8) is 0 Å². The second-order valence-corrected chi connectivity index (χ2v) is 7.44. The van der Waals surface area contributed by atoms with Gasteiger partial charge in [0.25, 0.3) is 0 Å². The molecule has 4 saturated heterocycles. The van der Waals surface area contributed by atoms with Crippen LogP contribution in [0, 0.1) is 5.92 Å². The van der Waals surface area contributed by atoms with E-state index in [-0.39, 0.29) is 137 Å². The molecule has 4 fully saturated rings. The first kappa shape index (κ1) is 32.0. The minimum absolute atomic E-state index is 0. The Balaban J connectivity index is 0. The molecule has 0 amide bonds. The molecule has 0 aromatic heterocycles. The van der Waals surface area contributed by atoms with Crippen molar-refractivity contribution in [2.24, 2.45) is 5.92 Å². The van der Waals surface area contributed by atoms with Crippen LogP contribution in [0.25, 0.3) is 10.6 Å². The van der Waals surface area contributed by atoms with Crippen molar-refractivity contribution >= 4 is 11.6 Å². The van der Waals surface area contributed by atoms with E-state index in [9.17, 15) is 9.59 Å². The molecule has 0 aliphatic carbocycles. The molecule has 146 valence electrons. The fourth-order valence-electron chi connectivity index (χ4n) is 4.19. The van der Waals surface area contributed by atoms with Crippen molar-refractivity contribution in [3.05, 3.63) is 10.6 Å². The Hall–Kier alpha value is 2.79. The van der Waals surface area contributed by atoms with E-state index in [0.29, 0.717) is 42.2 Å². The maximum Gasteiger partial charge on any atom is 1.00 e. The van der Waals surface area contributed by atoms with Crippen molar-refractivity contribution in [2.45, 2.75) is 65.2 Å². The van der Waals surface area contributed by atoms with Crippen molar-refractivity contribution in [1.29, 1.82) is 0 Å². The molecule has 8 heteroatoms. The normalized spacial score (nSPS) is 35.1. The van der Waals surface area contributed by atoms with Crippen LogP contribution >= 0.6 is 0 Å². The molecule has 0 radical (unpaired) electrons. The summed E-state index contributed by atoms with van der Waals surface area (Å²) in [7, 11) is 4.23. The van der Waals surface area contributed by atoms with Crippen molar-refractivity contribution in [3.8, 4) is 0 Å². The van der Waals surface area contributed by atoms with Crippen LogP contribution in [0.2, 0.25) is 0 Å². The molecule has 0 saturated carbocycles. The Labute approximate surface area is 264 Å². The zero-order valence-corrected chi connectivity index (χ0v) is 26.3. The van der Waals surface area contributed by atoms with E-state index in [1.165, 1.54) is 0 Å². The summed E-state index contributed by atoms with van der Waals surface area (Å²) in [6, 6.07) is 1.60. The van der Waals surface area contributed by atoms with Gasteiger partial charge in [0.1, 0.15) is 11.6 Å². The van der Waals surface area contributed by atoms with E-state index in [0.717, 1.165) is 39.0 Å². The average molecular weight is 523 g/mol. The van der Waals surface area contributed by atoms with E-state index in [1.807, 2.05) is 6.92 Å². The third kappa shape index (κ3) is 8.01. The fourth-order valence-corrected chi connectivity index (χ4v) is 4.19. The molecule has 0 N–H and O–H groups in total.